The third-order valence-corrected chi connectivity index (χ3v) is 5.93. The van der Waals surface area contributed by atoms with E-state index in [1.807, 2.05) is 30.3 Å². The summed E-state index contributed by atoms with van der Waals surface area (Å²) < 4.78 is 0. The Balaban J connectivity index is 1.84. The number of carbonyl (C=O) groups excluding carboxylic acids is 1. The van der Waals surface area contributed by atoms with Gasteiger partial charge in [-0.2, -0.15) is 0 Å². The minimum atomic E-state index is -0.168. The van der Waals surface area contributed by atoms with Gasteiger partial charge in [-0.3, -0.25) is 9.78 Å². The standard InChI is InChI=1S/C21H14Cl2N2O/c22-13-4-3-11(10-14(13)23)19-20-12-2-1-9-24-15(12)5-6-16(20)25-17-7-8-18(26)21(17)19/h1-6,9-10,19,25H,7-8H2. The molecule has 1 atom stereocenters. The second kappa shape index (κ2) is 5.83. The molecule has 2 heterocycles. The maximum Gasteiger partial charge on any atom is 0.161 e. The van der Waals surface area contributed by atoms with Gasteiger partial charge in [0, 0.05) is 40.9 Å². The summed E-state index contributed by atoms with van der Waals surface area (Å²) >= 11 is 12.4. The molecule has 0 saturated carbocycles. The average Bonchev–Trinajstić information content (AvgIpc) is 3.03. The Hall–Kier alpha value is -2.36. The summed E-state index contributed by atoms with van der Waals surface area (Å²) in [4.78, 5) is 17.2. The number of ketones is 1. The van der Waals surface area contributed by atoms with Crippen LogP contribution < -0.4 is 5.32 Å². The monoisotopic (exact) mass is 380 g/mol. The lowest BCUT2D eigenvalue weighted by atomic mass is 9.79. The van der Waals surface area contributed by atoms with Crippen molar-refractivity contribution in [1.82, 2.24) is 4.98 Å². The van der Waals surface area contributed by atoms with Gasteiger partial charge in [-0.25, -0.2) is 0 Å². The smallest absolute Gasteiger partial charge is 0.161 e. The summed E-state index contributed by atoms with van der Waals surface area (Å²) in [5.41, 5.74) is 5.83. The number of nitrogens with zero attached hydrogens (tertiary/aromatic N) is 1. The number of Topliss-reactive ketones (excluding diaryl/α,β-unsaturated/α-hetero) is 1. The quantitative estimate of drug-likeness (QED) is 0.587. The van der Waals surface area contributed by atoms with Crippen LogP contribution in [0.1, 0.15) is 29.9 Å². The number of aromatic nitrogens is 1. The first kappa shape index (κ1) is 15.9. The Labute approximate surface area is 160 Å². The van der Waals surface area contributed by atoms with Crippen molar-refractivity contribution in [2.75, 3.05) is 5.32 Å². The van der Waals surface area contributed by atoms with Crippen LogP contribution in [0.3, 0.4) is 0 Å². The number of allylic oxidation sites excluding steroid dienone is 2. The molecule has 0 bridgehead atoms. The van der Waals surface area contributed by atoms with Crippen LogP contribution in [0, 0.1) is 0 Å². The number of hydrogen-bond acceptors (Lipinski definition) is 3. The molecule has 0 fully saturated rings. The van der Waals surface area contributed by atoms with Gasteiger partial charge in [-0.05, 0) is 47.9 Å². The number of fused-ring (bicyclic) bond motifs is 3. The van der Waals surface area contributed by atoms with Crippen LogP contribution >= 0.6 is 23.2 Å². The van der Waals surface area contributed by atoms with Crippen molar-refractivity contribution in [3.8, 4) is 0 Å². The van der Waals surface area contributed by atoms with Gasteiger partial charge in [0.15, 0.2) is 5.78 Å². The zero-order chi connectivity index (χ0) is 17.8. The second-order valence-electron chi connectivity index (χ2n) is 6.64. The molecule has 1 unspecified atom stereocenters. The van der Waals surface area contributed by atoms with E-state index >= 15 is 0 Å². The van der Waals surface area contributed by atoms with E-state index < -0.39 is 0 Å². The molecule has 5 heteroatoms. The fourth-order valence-electron chi connectivity index (χ4n) is 4.07. The van der Waals surface area contributed by atoms with Crippen molar-refractivity contribution in [1.29, 1.82) is 0 Å². The van der Waals surface area contributed by atoms with Gasteiger partial charge in [0.05, 0.1) is 15.6 Å². The molecular weight excluding hydrogens is 367 g/mol. The lowest BCUT2D eigenvalue weighted by molar-refractivity contribution is -0.115. The van der Waals surface area contributed by atoms with Crippen LogP contribution in [-0.2, 0) is 4.79 Å². The lowest BCUT2D eigenvalue weighted by Gasteiger charge is -2.30. The van der Waals surface area contributed by atoms with Gasteiger partial charge in [-0.15, -0.1) is 0 Å². The van der Waals surface area contributed by atoms with Crippen molar-refractivity contribution in [3.05, 3.63) is 81.1 Å². The number of benzene rings is 2. The fourth-order valence-corrected chi connectivity index (χ4v) is 4.38. The Morgan fingerprint density at radius 3 is 2.77 bits per heavy atom. The van der Waals surface area contributed by atoms with Gasteiger partial charge >= 0.3 is 0 Å². The molecule has 26 heavy (non-hydrogen) atoms. The highest BCUT2D eigenvalue weighted by Gasteiger charge is 2.37. The zero-order valence-corrected chi connectivity index (χ0v) is 15.2. The van der Waals surface area contributed by atoms with Crippen LogP contribution in [0.2, 0.25) is 10.0 Å². The van der Waals surface area contributed by atoms with Crippen molar-refractivity contribution in [2.45, 2.75) is 18.8 Å². The van der Waals surface area contributed by atoms with Gasteiger partial charge in [-0.1, -0.05) is 35.3 Å². The van der Waals surface area contributed by atoms with Crippen molar-refractivity contribution in [3.63, 3.8) is 0 Å². The number of halogens is 2. The highest BCUT2D eigenvalue weighted by molar-refractivity contribution is 6.42. The van der Waals surface area contributed by atoms with E-state index in [4.69, 9.17) is 23.2 Å². The molecular formula is C21H14Cl2N2O. The minimum absolute atomic E-state index is 0.168. The molecule has 5 rings (SSSR count). The van der Waals surface area contributed by atoms with Crippen molar-refractivity contribution < 1.29 is 4.79 Å². The van der Waals surface area contributed by atoms with Gasteiger partial charge in [0.2, 0.25) is 0 Å². The molecule has 1 aliphatic carbocycles. The van der Waals surface area contributed by atoms with E-state index in [1.54, 1.807) is 12.3 Å². The van der Waals surface area contributed by atoms with E-state index in [-0.39, 0.29) is 11.7 Å². The van der Waals surface area contributed by atoms with E-state index in [0.29, 0.717) is 16.5 Å². The first-order valence-corrected chi connectivity index (χ1v) is 9.25. The molecule has 0 radical (unpaired) electrons. The summed E-state index contributed by atoms with van der Waals surface area (Å²) in [7, 11) is 0. The average molecular weight is 381 g/mol. The third-order valence-electron chi connectivity index (χ3n) is 5.19. The SMILES string of the molecule is O=C1CCC2=C1C(c1ccc(Cl)c(Cl)c1)c1c(ccc3ncccc13)N2. The molecule has 3 aromatic rings. The van der Waals surface area contributed by atoms with E-state index in [9.17, 15) is 4.79 Å². The van der Waals surface area contributed by atoms with E-state index in [2.05, 4.69) is 16.4 Å². The van der Waals surface area contributed by atoms with E-state index in [1.165, 1.54) is 0 Å². The molecule has 2 aromatic carbocycles. The maximum absolute atomic E-state index is 12.7. The maximum atomic E-state index is 12.7. The minimum Gasteiger partial charge on any atom is -0.358 e. The lowest BCUT2D eigenvalue weighted by Crippen LogP contribution is -2.19. The van der Waals surface area contributed by atoms with Crippen LogP contribution in [0.5, 0.6) is 0 Å². The number of rotatable bonds is 1. The summed E-state index contributed by atoms with van der Waals surface area (Å²) in [5, 5.41) is 5.53. The first-order chi connectivity index (χ1) is 12.6. The van der Waals surface area contributed by atoms with Crippen LogP contribution in [0.4, 0.5) is 5.69 Å². The molecule has 1 aliphatic heterocycles. The largest absolute Gasteiger partial charge is 0.358 e. The summed E-state index contributed by atoms with van der Waals surface area (Å²) in [6.45, 7) is 0. The molecule has 1 aromatic heterocycles. The number of carbonyl (C=O) groups is 1. The van der Waals surface area contributed by atoms with Crippen molar-refractivity contribution in [2.24, 2.45) is 0 Å². The predicted octanol–water partition coefficient (Wildman–Crippen LogP) is 5.72. The molecule has 2 aliphatic rings. The van der Waals surface area contributed by atoms with Gasteiger partial charge < -0.3 is 5.32 Å². The number of hydrogen-bond donors (Lipinski definition) is 1. The summed E-state index contributed by atoms with van der Waals surface area (Å²) in [6, 6.07) is 13.7. The molecule has 0 spiro atoms. The number of anilines is 1. The fraction of sp³-hybridized carbons (Fsp3) is 0.143. The Morgan fingerprint density at radius 2 is 1.92 bits per heavy atom. The predicted molar refractivity (Wildman–Crippen MR) is 105 cm³/mol. The highest BCUT2D eigenvalue weighted by atomic mass is 35.5. The Kier molecular flexibility index (Phi) is 3.56. The second-order valence-corrected chi connectivity index (χ2v) is 7.46. The van der Waals surface area contributed by atoms with Crippen LogP contribution in [0.15, 0.2) is 59.9 Å². The Bertz CT molecular complexity index is 1120. The third kappa shape index (κ3) is 2.28. The van der Waals surface area contributed by atoms with Crippen molar-refractivity contribution >= 4 is 45.6 Å². The molecule has 128 valence electrons. The highest BCUT2D eigenvalue weighted by Crippen LogP contribution is 2.49. The number of nitrogens with one attached hydrogen (secondary N) is 1. The topological polar surface area (TPSA) is 42.0 Å². The normalized spacial score (nSPS) is 18.7. The first-order valence-electron chi connectivity index (χ1n) is 8.49. The molecule has 1 N–H and O–H groups in total. The van der Waals surface area contributed by atoms with Crippen LogP contribution in [-0.4, -0.2) is 10.8 Å². The Morgan fingerprint density at radius 1 is 1.04 bits per heavy atom. The molecule has 0 amide bonds. The summed E-state index contributed by atoms with van der Waals surface area (Å²) in [5.74, 6) is 0.0223. The summed E-state index contributed by atoms with van der Waals surface area (Å²) in [6.07, 6.45) is 3.07. The molecule has 3 nitrogen and oxygen atoms in total. The van der Waals surface area contributed by atoms with Gasteiger partial charge in [0.25, 0.3) is 0 Å². The molecule has 0 saturated heterocycles. The zero-order valence-electron chi connectivity index (χ0n) is 13.7. The van der Waals surface area contributed by atoms with Crippen LogP contribution in [0.25, 0.3) is 10.9 Å². The van der Waals surface area contributed by atoms with Gasteiger partial charge in [0.1, 0.15) is 0 Å². The van der Waals surface area contributed by atoms with E-state index in [0.717, 1.165) is 45.4 Å². The number of pyridine rings is 1.